The molecule has 0 radical (unpaired) electrons. The van der Waals surface area contributed by atoms with Crippen molar-refractivity contribution in [1.29, 1.82) is 0 Å². The van der Waals surface area contributed by atoms with Gasteiger partial charge in [-0.2, -0.15) is 5.10 Å². The molecule has 2 aromatic rings. The van der Waals surface area contributed by atoms with Crippen molar-refractivity contribution in [2.75, 3.05) is 6.54 Å². The van der Waals surface area contributed by atoms with Gasteiger partial charge in [0.2, 0.25) is 0 Å². The number of hydrogen-bond donors (Lipinski definition) is 2. The summed E-state index contributed by atoms with van der Waals surface area (Å²) >= 11 is 0. The third-order valence-electron chi connectivity index (χ3n) is 3.87. The Labute approximate surface area is 161 Å². The molecule has 2 aromatic heterocycles. The molecule has 6 nitrogen and oxygen atoms in total. The first-order valence-electron chi connectivity index (χ1n) is 8.19. The Morgan fingerprint density at radius 3 is 2.44 bits per heavy atom. The molecule has 2 heterocycles. The normalized spacial score (nSPS) is 12.0. The van der Waals surface area contributed by atoms with E-state index in [1.807, 2.05) is 17.7 Å². The molecule has 2 rings (SSSR count). The van der Waals surface area contributed by atoms with Crippen LogP contribution in [0, 0.1) is 12.8 Å². The lowest BCUT2D eigenvalue weighted by Crippen LogP contribution is -2.41. The molecule has 0 saturated carbocycles. The number of aromatic nitrogens is 3. The number of carbonyl (C=O) groups is 1. The molecule has 0 aliphatic heterocycles. The van der Waals surface area contributed by atoms with Crippen molar-refractivity contribution >= 4 is 41.8 Å². The topological polar surface area (TPSA) is 85.8 Å². The zero-order chi connectivity index (χ0) is 17.1. The van der Waals surface area contributed by atoms with E-state index < -0.39 is 0 Å². The maximum atomic E-state index is 12.6. The minimum absolute atomic E-state index is 0. The second-order valence-corrected chi connectivity index (χ2v) is 6.75. The smallest absolute Gasteiger partial charge is 0.253 e. The Kier molecular flexibility index (Phi) is 9.40. The van der Waals surface area contributed by atoms with Crippen LogP contribution in [-0.2, 0) is 0 Å². The lowest BCUT2D eigenvalue weighted by atomic mass is 10.0. The molecule has 3 N–H and O–H groups in total. The molecule has 0 aromatic carbocycles. The van der Waals surface area contributed by atoms with Crippen molar-refractivity contribution in [2.24, 2.45) is 11.7 Å². The molecule has 142 valence electrons. The van der Waals surface area contributed by atoms with Gasteiger partial charge in [0.1, 0.15) is 0 Å². The number of carbonyl (C=O) groups excluding carboxylic acids is 1. The van der Waals surface area contributed by atoms with Crippen molar-refractivity contribution in [3.8, 4) is 0 Å². The fourth-order valence-electron chi connectivity index (χ4n) is 2.72. The first-order valence-corrected chi connectivity index (χ1v) is 8.19. The average Bonchev–Trinajstić information content (AvgIpc) is 2.87. The summed E-state index contributed by atoms with van der Waals surface area (Å²) in [4.78, 5) is 17.1. The fourth-order valence-corrected chi connectivity index (χ4v) is 2.72. The summed E-state index contributed by atoms with van der Waals surface area (Å²) in [5.41, 5.74) is 7.87. The van der Waals surface area contributed by atoms with E-state index in [1.54, 1.807) is 6.20 Å². The molecular weight excluding hydrogens is 361 g/mol. The number of nitrogens with one attached hydrogen (secondary N) is 1. The summed E-state index contributed by atoms with van der Waals surface area (Å²) < 4.78 is 1.87. The molecular formula is C17H29Cl2N5O. The lowest BCUT2D eigenvalue weighted by molar-refractivity contribution is 0.0933. The van der Waals surface area contributed by atoms with Crippen LogP contribution in [0.25, 0.3) is 11.0 Å². The highest BCUT2D eigenvalue weighted by atomic mass is 35.5. The van der Waals surface area contributed by atoms with Crippen LogP contribution in [0.5, 0.6) is 0 Å². The van der Waals surface area contributed by atoms with Crippen LogP contribution in [0.1, 0.15) is 56.2 Å². The Bertz CT molecular complexity index is 700. The fraction of sp³-hybridized carbons (Fsp3) is 0.588. The maximum Gasteiger partial charge on any atom is 0.253 e. The van der Waals surface area contributed by atoms with Crippen LogP contribution < -0.4 is 11.1 Å². The molecule has 1 unspecified atom stereocenters. The molecule has 25 heavy (non-hydrogen) atoms. The van der Waals surface area contributed by atoms with Gasteiger partial charge in [-0.05, 0) is 39.2 Å². The van der Waals surface area contributed by atoms with E-state index in [2.05, 4.69) is 43.1 Å². The van der Waals surface area contributed by atoms with Crippen LogP contribution in [0.3, 0.4) is 0 Å². The SMILES string of the molecule is Cc1nc2c(cnn2C(C)C)cc1C(=O)NC(CN)CC(C)C.Cl.Cl. The summed E-state index contributed by atoms with van der Waals surface area (Å²) in [6.07, 6.45) is 2.62. The standard InChI is InChI=1S/C17H27N5O.2ClH/c1-10(2)6-14(8-18)21-17(23)15-7-13-9-19-22(11(3)4)16(13)20-12(15)5;;/h7,9-11,14H,6,8,18H2,1-5H3,(H,21,23);2*1H. The number of hydrogen-bond acceptors (Lipinski definition) is 4. The number of amides is 1. The first kappa shape index (κ1) is 23.6. The number of fused-ring (bicyclic) bond motifs is 1. The Hall–Kier alpha value is -1.37. The molecule has 8 heteroatoms. The van der Waals surface area contributed by atoms with Crippen LogP contribution in [-0.4, -0.2) is 33.3 Å². The van der Waals surface area contributed by atoms with Gasteiger partial charge in [-0.15, -0.1) is 24.8 Å². The lowest BCUT2D eigenvalue weighted by Gasteiger charge is -2.19. The Morgan fingerprint density at radius 2 is 1.92 bits per heavy atom. The van der Waals surface area contributed by atoms with E-state index in [0.29, 0.717) is 23.7 Å². The molecule has 0 fully saturated rings. The molecule has 0 saturated heterocycles. The monoisotopic (exact) mass is 389 g/mol. The highest BCUT2D eigenvalue weighted by Gasteiger charge is 2.18. The van der Waals surface area contributed by atoms with Crippen molar-refractivity contribution in [3.63, 3.8) is 0 Å². The first-order chi connectivity index (χ1) is 10.8. The summed E-state index contributed by atoms with van der Waals surface area (Å²) in [5.74, 6) is 0.361. The third-order valence-corrected chi connectivity index (χ3v) is 3.87. The van der Waals surface area contributed by atoms with Gasteiger partial charge in [-0.3, -0.25) is 4.79 Å². The average molecular weight is 390 g/mol. The van der Waals surface area contributed by atoms with Crippen molar-refractivity contribution < 1.29 is 4.79 Å². The number of aryl methyl sites for hydroxylation is 1. The van der Waals surface area contributed by atoms with Gasteiger partial charge >= 0.3 is 0 Å². The van der Waals surface area contributed by atoms with Crippen LogP contribution in [0.4, 0.5) is 0 Å². The Morgan fingerprint density at radius 1 is 1.28 bits per heavy atom. The van der Waals surface area contributed by atoms with Gasteiger partial charge in [0.15, 0.2) is 5.65 Å². The number of pyridine rings is 1. The minimum Gasteiger partial charge on any atom is -0.348 e. The largest absolute Gasteiger partial charge is 0.348 e. The minimum atomic E-state index is -0.120. The predicted octanol–water partition coefficient (Wildman–Crippen LogP) is 3.27. The van der Waals surface area contributed by atoms with E-state index in [4.69, 9.17) is 5.73 Å². The zero-order valence-electron chi connectivity index (χ0n) is 15.4. The van der Waals surface area contributed by atoms with E-state index in [9.17, 15) is 4.79 Å². The van der Waals surface area contributed by atoms with E-state index in [0.717, 1.165) is 17.5 Å². The van der Waals surface area contributed by atoms with Gasteiger partial charge < -0.3 is 11.1 Å². The van der Waals surface area contributed by atoms with Crippen molar-refractivity contribution in [3.05, 3.63) is 23.5 Å². The molecule has 1 amide bonds. The second-order valence-electron chi connectivity index (χ2n) is 6.75. The van der Waals surface area contributed by atoms with Gasteiger partial charge in [0, 0.05) is 24.0 Å². The summed E-state index contributed by atoms with van der Waals surface area (Å²) in [5, 5.41) is 8.25. The van der Waals surface area contributed by atoms with Gasteiger partial charge in [0.25, 0.3) is 5.91 Å². The second kappa shape index (κ2) is 9.94. The highest BCUT2D eigenvalue weighted by molar-refractivity contribution is 5.98. The van der Waals surface area contributed by atoms with Gasteiger partial charge in [0.05, 0.1) is 17.5 Å². The molecule has 0 bridgehead atoms. The van der Waals surface area contributed by atoms with Crippen molar-refractivity contribution in [1.82, 2.24) is 20.1 Å². The van der Waals surface area contributed by atoms with Gasteiger partial charge in [-0.1, -0.05) is 13.8 Å². The predicted molar refractivity (Wildman–Crippen MR) is 107 cm³/mol. The Balaban J connectivity index is 0.00000288. The third kappa shape index (κ3) is 5.56. The molecule has 1 atom stereocenters. The molecule has 0 spiro atoms. The number of rotatable bonds is 6. The number of nitrogens with two attached hydrogens (primary N) is 1. The van der Waals surface area contributed by atoms with E-state index in [-0.39, 0.29) is 42.8 Å². The van der Waals surface area contributed by atoms with Crippen molar-refractivity contribution in [2.45, 2.75) is 53.1 Å². The number of nitrogens with zero attached hydrogens (tertiary/aromatic N) is 3. The van der Waals surface area contributed by atoms with E-state index in [1.165, 1.54) is 0 Å². The summed E-state index contributed by atoms with van der Waals surface area (Å²) in [6, 6.07) is 2.07. The quantitative estimate of drug-likeness (QED) is 0.793. The van der Waals surface area contributed by atoms with Gasteiger partial charge in [-0.25, -0.2) is 9.67 Å². The van der Waals surface area contributed by atoms with Crippen LogP contribution in [0.2, 0.25) is 0 Å². The maximum absolute atomic E-state index is 12.6. The zero-order valence-corrected chi connectivity index (χ0v) is 17.1. The van der Waals surface area contributed by atoms with E-state index >= 15 is 0 Å². The molecule has 0 aliphatic carbocycles. The van der Waals surface area contributed by atoms with Crippen LogP contribution in [0.15, 0.2) is 12.3 Å². The van der Waals surface area contributed by atoms with Crippen LogP contribution >= 0.6 is 24.8 Å². The summed E-state index contributed by atoms with van der Waals surface area (Å²) in [7, 11) is 0. The summed E-state index contributed by atoms with van der Waals surface area (Å²) in [6.45, 7) is 10.6. The highest BCUT2D eigenvalue weighted by Crippen LogP contribution is 2.19. The molecule has 0 aliphatic rings. The number of halogens is 2.